The molecule has 0 bridgehead atoms. The first-order valence-corrected chi connectivity index (χ1v) is 8.46. The molecule has 0 unspecified atom stereocenters. The first-order valence-electron chi connectivity index (χ1n) is 8.46. The molecule has 1 aromatic carbocycles. The number of aromatic nitrogens is 3. The minimum absolute atomic E-state index is 0.00701. The van der Waals surface area contributed by atoms with E-state index in [-0.39, 0.29) is 11.8 Å². The highest BCUT2D eigenvalue weighted by atomic mass is 16.5. The van der Waals surface area contributed by atoms with E-state index in [1.54, 1.807) is 30.3 Å². The van der Waals surface area contributed by atoms with E-state index >= 15 is 0 Å². The summed E-state index contributed by atoms with van der Waals surface area (Å²) >= 11 is 0. The van der Waals surface area contributed by atoms with E-state index < -0.39 is 0 Å². The van der Waals surface area contributed by atoms with Gasteiger partial charge in [0.2, 0.25) is 17.6 Å². The second kappa shape index (κ2) is 7.06. The molecule has 2 aromatic heterocycles. The van der Waals surface area contributed by atoms with Crippen LogP contribution in [0.25, 0.3) is 11.4 Å². The summed E-state index contributed by atoms with van der Waals surface area (Å²) in [7, 11) is 3.10. The highest BCUT2D eigenvalue weighted by molar-refractivity contribution is 5.96. The van der Waals surface area contributed by atoms with E-state index in [1.807, 2.05) is 24.3 Å². The molecular weight excluding hydrogens is 348 g/mol. The average molecular weight is 366 g/mol. The average Bonchev–Trinajstić information content (AvgIpc) is 3.16. The number of hydrogen-bond donors (Lipinski definition) is 0. The lowest BCUT2D eigenvalue weighted by atomic mass is 9.99. The van der Waals surface area contributed by atoms with Gasteiger partial charge in [0.25, 0.3) is 5.91 Å². The van der Waals surface area contributed by atoms with Crippen LogP contribution in [0, 0.1) is 0 Å². The largest absolute Gasteiger partial charge is 0.496 e. The number of likely N-dealkylation sites (tertiary alicyclic amines) is 1. The van der Waals surface area contributed by atoms with Gasteiger partial charge in [-0.3, -0.25) is 4.79 Å². The first kappa shape index (κ1) is 17.0. The Morgan fingerprint density at radius 1 is 1.15 bits per heavy atom. The van der Waals surface area contributed by atoms with Crippen molar-refractivity contribution in [1.29, 1.82) is 0 Å². The zero-order valence-electron chi connectivity index (χ0n) is 15.0. The van der Waals surface area contributed by atoms with Crippen LogP contribution in [0.4, 0.5) is 0 Å². The molecule has 3 aromatic rings. The quantitative estimate of drug-likeness (QED) is 0.685. The maximum atomic E-state index is 12.6. The fraction of sp³-hybridized carbons (Fsp3) is 0.263. The van der Waals surface area contributed by atoms with Gasteiger partial charge in [0.1, 0.15) is 11.3 Å². The second-order valence-electron chi connectivity index (χ2n) is 6.12. The number of rotatable bonds is 5. The van der Waals surface area contributed by atoms with Gasteiger partial charge in [-0.15, -0.1) is 0 Å². The molecule has 1 saturated heterocycles. The fourth-order valence-electron chi connectivity index (χ4n) is 3.03. The van der Waals surface area contributed by atoms with Crippen LogP contribution in [0.5, 0.6) is 11.6 Å². The van der Waals surface area contributed by atoms with Gasteiger partial charge in [-0.05, 0) is 24.3 Å². The third-order valence-electron chi connectivity index (χ3n) is 4.50. The van der Waals surface area contributed by atoms with Crippen LogP contribution < -0.4 is 9.47 Å². The maximum Gasteiger partial charge on any atom is 0.259 e. The highest BCUT2D eigenvalue weighted by Crippen LogP contribution is 2.32. The van der Waals surface area contributed by atoms with Crippen molar-refractivity contribution < 1.29 is 18.8 Å². The van der Waals surface area contributed by atoms with Crippen LogP contribution in [-0.2, 0) is 0 Å². The molecule has 1 amide bonds. The monoisotopic (exact) mass is 366 g/mol. The number of hydrogen-bond acceptors (Lipinski definition) is 7. The minimum Gasteiger partial charge on any atom is -0.496 e. The van der Waals surface area contributed by atoms with E-state index in [2.05, 4.69) is 15.1 Å². The molecular formula is C19H18N4O4. The smallest absolute Gasteiger partial charge is 0.259 e. The van der Waals surface area contributed by atoms with Gasteiger partial charge in [-0.1, -0.05) is 17.3 Å². The number of benzene rings is 1. The Kier molecular flexibility index (Phi) is 4.45. The van der Waals surface area contributed by atoms with Gasteiger partial charge >= 0.3 is 0 Å². The molecule has 1 aliphatic heterocycles. The Morgan fingerprint density at radius 2 is 1.96 bits per heavy atom. The van der Waals surface area contributed by atoms with Crippen LogP contribution in [0.3, 0.4) is 0 Å². The molecule has 0 radical (unpaired) electrons. The van der Waals surface area contributed by atoms with E-state index in [1.165, 1.54) is 7.11 Å². The van der Waals surface area contributed by atoms with Gasteiger partial charge < -0.3 is 18.9 Å². The normalized spacial score (nSPS) is 13.9. The summed E-state index contributed by atoms with van der Waals surface area (Å²) in [6, 6.07) is 10.9. The van der Waals surface area contributed by atoms with E-state index in [9.17, 15) is 4.79 Å². The molecule has 4 rings (SSSR count). The zero-order valence-corrected chi connectivity index (χ0v) is 15.0. The molecule has 8 heteroatoms. The van der Waals surface area contributed by atoms with E-state index in [0.717, 1.165) is 5.56 Å². The van der Waals surface area contributed by atoms with Gasteiger partial charge in [0.15, 0.2) is 0 Å². The lowest BCUT2D eigenvalue weighted by Gasteiger charge is -2.37. The molecule has 0 aliphatic carbocycles. The number of nitrogens with zero attached hydrogens (tertiary/aromatic N) is 4. The van der Waals surface area contributed by atoms with Crippen LogP contribution in [0.15, 0.2) is 47.1 Å². The Morgan fingerprint density at radius 3 is 2.74 bits per heavy atom. The SMILES string of the molecule is COc1ccccc1-c1noc(C2CN(C(=O)c3cccnc3OC)C2)n1. The van der Waals surface area contributed by atoms with Crippen LogP contribution >= 0.6 is 0 Å². The number of carbonyl (C=O) groups excluding carboxylic acids is 1. The van der Waals surface area contributed by atoms with Gasteiger partial charge in [0, 0.05) is 19.3 Å². The minimum atomic E-state index is -0.124. The van der Waals surface area contributed by atoms with Crippen molar-refractivity contribution in [3.8, 4) is 23.0 Å². The number of pyridine rings is 1. The fourth-order valence-corrected chi connectivity index (χ4v) is 3.03. The molecule has 8 nitrogen and oxygen atoms in total. The van der Waals surface area contributed by atoms with Gasteiger partial charge in [-0.2, -0.15) is 4.98 Å². The van der Waals surface area contributed by atoms with Crippen molar-refractivity contribution >= 4 is 5.91 Å². The molecule has 0 saturated carbocycles. The summed E-state index contributed by atoms with van der Waals surface area (Å²) in [6.45, 7) is 1.01. The Bertz CT molecular complexity index is 966. The maximum absolute atomic E-state index is 12.6. The van der Waals surface area contributed by atoms with Crippen molar-refractivity contribution in [2.24, 2.45) is 0 Å². The van der Waals surface area contributed by atoms with Crippen LogP contribution in [-0.4, -0.2) is 53.2 Å². The van der Waals surface area contributed by atoms with Crippen molar-refractivity contribution in [3.63, 3.8) is 0 Å². The summed E-state index contributed by atoms with van der Waals surface area (Å²) in [5, 5.41) is 4.05. The number of methoxy groups -OCH3 is 2. The molecule has 0 N–H and O–H groups in total. The van der Waals surface area contributed by atoms with Gasteiger partial charge in [-0.25, -0.2) is 4.98 Å². The summed E-state index contributed by atoms with van der Waals surface area (Å²) in [5.74, 6) is 1.87. The van der Waals surface area contributed by atoms with Crippen LogP contribution in [0.2, 0.25) is 0 Å². The summed E-state index contributed by atoms with van der Waals surface area (Å²) < 4.78 is 15.9. The Hall–Kier alpha value is -3.42. The molecule has 27 heavy (non-hydrogen) atoms. The summed E-state index contributed by atoms with van der Waals surface area (Å²) in [4.78, 5) is 22.9. The highest BCUT2D eigenvalue weighted by Gasteiger charge is 2.37. The lowest BCUT2D eigenvalue weighted by Crippen LogP contribution is -2.48. The van der Waals surface area contributed by atoms with E-state index in [4.69, 9.17) is 14.0 Å². The number of para-hydroxylation sites is 1. The number of carbonyl (C=O) groups is 1. The van der Waals surface area contributed by atoms with Gasteiger partial charge in [0.05, 0.1) is 25.7 Å². The topological polar surface area (TPSA) is 90.6 Å². The summed E-state index contributed by atoms with van der Waals surface area (Å²) in [6.07, 6.45) is 1.59. The first-order chi connectivity index (χ1) is 13.2. The van der Waals surface area contributed by atoms with E-state index in [0.29, 0.717) is 42.0 Å². The van der Waals surface area contributed by atoms with Crippen molar-refractivity contribution in [3.05, 3.63) is 54.0 Å². The molecule has 138 valence electrons. The number of amides is 1. The predicted molar refractivity (Wildman–Crippen MR) is 95.7 cm³/mol. The summed E-state index contributed by atoms with van der Waals surface area (Å²) in [5.41, 5.74) is 1.21. The third kappa shape index (κ3) is 3.10. The Labute approximate surface area is 155 Å². The Balaban J connectivity index is 1.46. The zero-order chi connectivity index (χ0) is 18.8. The molecule has 0 atom stereocenters. The second-order valence-corrected chi connectivity index (χ2v) is 6.12. The standard InChI is InChI=1S/C19H18N4O4/c1-25-15-8-4-3-6-13(15)16-21-17(27-22-16)12-10-23(11-12)19(24)14-7-5-9-20-18(14)26-2/h3-9,12H,10-11H2,1-2H3. The lowest BCUT2D eigenvalue weighted by molar-refractivity contribution is 0.0565. The van der Waals surface area contributed by atoms with Crippen molar-refractivity contribution in [2.45, 2.75) is 5.92 Å². The predicted octanol–water partition coefficient (Wildman–Crippen LogP) is 2.39. The van der Waals surface area contributed by atoms with Crippen molar-refractivity contribution in [2.75, 3.05) is 27.3 Å². The molecule has 1 aliphatic rings. The number of ether oxygens (including phenoxy) is 2. The van der Waals surface area contributed by atoms with Crippen LogP contribution in [0.1, 0.15) is 22.2 Å². The molecule has 3 heterocycles. The van der Waals surface area contributed by atoms with Crippen molar-refractivity contribution in [1.82, 2.24) is 20.0 Å². The molecule has 0 spiro atoms. The third-order valence-corrected chi connectivity index (χ3v) is 4.50. The molecule has 1 fully saturated rings.